The summed E-state index contributed by atoms with van der Waals surface area (Å²) < 4.78 is 1.04. The largest absolute Gasteiger partial charge is 0.335 e. The van der Waals surface area contributed by atoms with Crippen molar-refractivity contribution in [2.75, 3.05) is 5.32 Å². The lowest BCUT2D eigenvalue weighted by atomic mass is 10.1. The van der Waals surface area contributed by atoms with Gasteiger partial charge in [-0.3, -0.25) is 0 Å². The Morgan fingerprint density at radius 1 is 1.39 bits per heavy atom. The lowest BCUT2D eigenvalue weighted by molar-refractivity contribution is 0.248. The molecule has 1 aliphatic rings. The summed E-state index contributed by atoms with van der Waals surface area (Å²) in [6.45, 7) is 2.09. The van der Waals surface area contributed by atoms with Crippen molar-refractivity contribution in [3.8, 4) is 0 Å². The molecule has 4 heteroatoms. The Balaban J connectivity index is 1.97. The van der Waals surface area contributed by atoms with E-state index in [1.807, 2.05) is 18.2 Å². The Bertz CT molecular complexity index is 428. The Morgan fingerprint density at radius 2 is 2.11 bits per heavy atom. The lowest BCUT2D eigenvalue weighted by Crippen LogP contribution is -2.36. The van der Waals surface area contributed by atoms with E-state index in [-0.39, 0.29) is 6.03 Å². The number of rotatable bonds is 3. The fraction of sp³-hybridized carbons (Fsp3) is 0.500. The summed E-state index contributed by atoms with van der Waals surface area (Å²) in [5.74, 6) is 0. The molecule has 0 radical (unpaired) electrons. The molecular formula is C14H19BrN2O. The normalized spacial score (nSPS) is 15.7. The molecule has 3 nitrogen and oxygen atoms in total. The number of benzene rings is 1. The van der Waals surface area contributed by atoms with E-state index in [2.05, 4.69) is 33.5 Å². The van der Waals surface area contributed by atoms with Gasteiger partial charge in [0.25, 0.3) is 0 Å². The molecule has 2 N–H and O–H groups in total. The number of hydrogen-bond acceptors (Lipinski definition) is 1. The third-order valence-electron chi connectivity index (χ3n) is 3.39. The third kappa shape index (κ3) is 3.48. The molecule has 0 spiro atoms. The second-order valence-corrected chi connectivity index (χ2v) is 5.65. The molecule has 1 aliphatic carbocycles. The number of carbonyl (C=O) groups excluding carboxylic acids is 1. The summed E-state index contributed by atoms with van der Waals surface area (Å²) in [4.78, 5) is 11.9. The van der Waals surface area contributed by atoms with Crippen LogP contribution in [0.5, 0.6) is 0 Å². The molecule has 1 aromatic rings. The van der Waals surface area contributed by atoms with Gasteiger partial charge in [0.15, 0.2) is 0 Å². The number of carbonyl (C=O) groups is 1. The van der Waals surface area contributed by atoms with Crippen LogP contribution in [0.4, 0.5) is 10.5 Å². The molecule has 0 atom stereocenters. The number of hydrogen-bond donors (Lipinski definition) is 2. The second-order valence-electron chi connectivity index (χ2n) is 4.73. The van der Waals surface area contributed by atoms with Gasteiger partial charge in [0, 0.05) is 16.2 Å². The van der Waals surface area contributed by atoms with Crippen LogP contribution in [-0.2, 0) is 6.42 Å². The van der Waals surface area contributed by atoms with E-state index in [1.165, 1.54) is 12.8 Å². The zero-order valence-electron chi connectivity index (χ0n) is 10.6. The molecule has 2 rings (SSSR count). The highest BCUT2D eigenvalue weighted by atomic mass is 79.9. The van der Waals surface area contributed by atoms with Crippen molar-refractivity contribution in [2.24, 2.45) is 0 Å². The molecule has 0 aromatic heterocycles. The zero-order valence-corrected chi connectivity index (χ0v) is 12.2. The van der Waals surface area contributed by atoms with Crippen LogP contribution in [0.2, 0.25) is 0 Å². The van der Waals surface area contributed by atoms with Gasteiger partial charge in [0.1, 0.15) is 0 Å². The molecule has 1 fully saturated rings. The van der Waals surface area contributed by atoms with Crippen LogP contribution in [0.15, 0.2) is 22.7 Å². The van der Waals surface area contributed by atoms with Crippen LogP contribution in [0.25, 0.3) is 0 Å². The minimum absolute atomic E-state index is 0.0843. The van der Waals surface area contributed by atoms with Gasteiger partial charge >= 0.3 is 6.03 Å². The second kappa shape index (κ2) is 6.23. The average Bonchev–Trinajstić information content (AvgIpc) is 2.84. The van der Waals surface area contributed by atoms with Gasteiger partial charge in [-0.05, 0) is 43.0 Å². The van der Waals surface area contributed by atoms with Gasteiger partial charge in [-0.2, -0.15) is 0 Å². The molecule has 0 heterocycles. The molecule has 0 unspecified atom stereocenters. The summed E-state index contributed by atoms with van der Waals surface area (Å²) in [5, 5.41) is 5.98. The first-order valence-electron chi connectivity index (χ1n) is 6.55. The van der Waals surface area contributed by atoms with E-state index in [0.29, 0.717) is 6.04 Å². The van der Waals surface area contributed by atoms with Crippen molar-refractivity contribution < 1.29 is 4.79 Å². The van der Waals surface area contributed by atoms with Crippen molar-refractivity contribution in [3.63, 3.8) is 0 Å². The van der Waals surface area contributed by atoms with Crippen LogP contribution in [0.1, 0.15) is 38.2 Å². The molecule has 0 aliphatic heterocycles. The number of aryl methyl sites for hydroxylation is 1. The predicted molar refractivity (Wildman–Crippen MR) is 77.9 cm³/mol. The number of amides is 2. The van der Waals surface area contributed by atoms with Crippen molar-refractivity contribution in [2.45, 2.75) is 45.1 Å². The quantitative estimate of drug-likeness (QED) is 0.868. The van der Waals surface area contributed by atoms with E-state index in [9.17, 15) is 4.79 Å². The van der Waals surface area contributed by atoms with Crippen LogP contribution >= 0.6 is 15.9 Å². The van der Waals surface area contributed by atoms with Crippen molar-refractivity contribution >= 4 is 27.6 Å². The fourth-order valence-corrected chi connectivity index (χ4v) is 2.80. The molecular weight excluding hydrogens is 292 g/mol. The van der Waals surface area contributed by atoms with E-state index in [1.54, 1.807) is 0 Å². The maximum atomic E-state index is 11.9. The van der Waals surface area contributed by atoms with E-state index in [0.717, 1.165) is 35.0 Å². The average molecular weight is 311 g/mol. The standard InChI is InChI=1S/C14H19BrN2O/c1-2-10-9-11(15)7-8-13(10)17-14(18)16-12-5-3-4-6-12/h7-9,12H,2-6H2,1H3,(H2,16,17,18). The SMILES string of the molecule is CCc1cc(Br)ccc1NC(=O)NC1CCCC1. The zero-order chi connectivity index (χ0) is 13.0. The van der Waals surface area contributed by atoms with Gasteiger partial charge in [0.2, 0.25) is 0 Å². The predicted octanol–water partition coefficient (Wildman–Crippen LogP) is 4.08. The minimum atomic E-state index is -0.0843. The molecule has 0 saturated heterocycles. The first-order valence-corrected chi connectivity index (χ1v) is 7.34. The van der Waals surface area contributed by atoms with E-state index >= 15 is 0 Å². The third-order valence-corrected chi connectivity index (χ3v) is 3.88. The number of halogens is 1. The minimum Gasteiger partial charge on any atom is -0.335 e. The van der Waals surface area contributed by atoms with Gasteiger partial charge in [-0.25, -0.2) is 4.79 Å². The van der Waals surface area contributed by atoms with Crippen molar-refractivity contribution in [3.05, 3.63) is 28.2 Å². The first-order chi connectivity index (χ1) is 8.69. The molecule has 1 saturated carbocycles. The number of anilines is 1. The summed E-state index contributed by atoms with van der Waals surface area (Å²) in [5.41, 5.74) is 2.04. The Labute approximate surface area is 116 Å². The van der Waals surface area contributed by atoms with Crippen LogP contribution < -0.4 is 10.6 Å². The summed E-state index contributed by atoms with van der Waals surface area (Å²) in [6, 6.07) is 6.21. The first kappa shape index (κ1) is 13.4. The maximum absolute atomic E-state index is 11.9. The van der Waals surface area contributed by atoms with E-state index in [4.69, 9.17) is 0 Å². The Kier molecular flexibility index (Phi) is 4.64. The van der Waals surface area contributed by atoms with Crippen LogP contribution in [-0.4, -0.2) is 12.1 Å². The summed E-state index contributed by atoms with van der Waals surface area (Å²) in [6.07, 6.45) is 5.56. The monoisotopic (exact) mass is 310 g/mol. The van der Waals surface area contributed by atoms with Crippen molar-refractivity contribution in [1.29, 1.82) is 0 Å². The molecule has 2 amide bonds. The Morgan fingerprint density at radius 3 is 2.78 bits per heavy atom. The van der Waals surface area contributed by atoms with Gasteiger partial charge in [-0.15, -0.1) is 0 Å². The molecule has 18 heavy (non-hydrogen) atoms. The van der Waals surface area contributed by atoms with Gasteiger partial charge in [-0.1, -0.05) is 35.7 Å². The highest BCUT2D eigenvalue weighted by Crippen LogP contribution is 2.22. The summed E-state index contributed by atoms with van der Waals surface area (Å²) in [7, 11) is 0. The topological polar surface area (TPSA) is 41.1 Å². The van der Waals surface area contributed by atoms with Gasteiger partial charge in [0.05, 0.1) is 0 Å². The van der Waals surface area contributed by atoms with Crippen LogP contribution in [0.3, 0.4) is 0 Å². The highest BCUT2D eigenvalue weighted by molar-refractivity contribution is 9.10. The van der Waals surface area contributed by atoms with Crippen molar-refractivity contribution in [1.82, 2.24) is 5.32 Å². The molecule has 0 bridgehead atoms. The van der Waals surface area contributed by atoms with Crippen LogP contribution in [0, 0.1) is 0 Å². The lowest BCUT2D eigenvalue weighted by Gasteiger charge is -2.15. The van der Waals surface area contributed by atoms with Gasteiger partial charge < -0.3 is 10.6 Å². The molecule has 98 valence electrons. The smallest absolute Gasteiger partial charge is 0.319 e. The fourth-order valence-electron chi connectivity index (χ4n) is 2.39. The Hall–Kier alpha value is -1.03. The highest BCUT2D eigenvalue weighted by Gasteiger charge is 2.17. The maximum Gasteiger partial charge on any atom is 0.319 e. The number of nitrogens with one attached hydrogen (secondary N) is 2. The molecule has 1 aromatic carbocycles. The van der Waals surface area contributed by atoms with E-state index < -0.39 is 0 Å². The summed E-state index contributed by atoms with van der Waals surface area (Å²) >= 11 is 3.45. The number of urea groups is 1.